The number of benzene rings is 1. The molecule has 6 heteroatoms. The first-order chi connectivity index (χ1) is 8.27. The predicted octanol–water partition coefficient (Wildman–Crippen LogP) is 1.57. The average molecular weight is 250 g/mol. The Balaban J connectivity index is 1.77. The quantitative estimate of drug-likeness (QED) is 0.495. The Labute approximate surface area is 104 Å². The maximum atomic E-state index is 5.76. The van der Waals surface area contributed by atoms with Gasteiger partial charge in [0.1, 0.15) is 12.1 Å². The van der Waals surface area contributed by atoms with E-state index in [4.69, 9.17) is 10.5 Å². The molecule has 0 unspecified atom stereocenters. The molecular weight excluding hydrogens is 236 g/mol. The molecule has 0 amide bonds. The summed E-state index contributed by atoms with van der Waals surface area (Å²) in [6, 6.07) is 7.48. The highest BCUT2D eigenvalue weighted by Crippen LogP contribution is 2.20. The molecule has 0 aliphatic heterocycles. The van der Waals surface area contributed by atoms with Gasteiger partial charge in [0.15, 0.2) is 5.16 Å². The minimum Gasteiger partial charge on any atom is -0.491 e. The van der Waals surface area contributed by atoms with Gasteiger partial charge in [0, 0.05) is 12.8 Å². The first-order valence-electron chi connectivity index (χ1n) is 5.21. The maximum absolute atomic E-state index is 5.76. The minimum atomic E-state index is 0.589. The number of ether oxygens (including phenoxy) is 1. The van der Waals surface area contributed by atoms with Crippen LogP contribution in [0.2, 0.25) is 0 Å². The topological polar surface area (TPSA) is 66.0 Å². The van der Waals surface area contributed by atoms with Crippen LogP contribution < -0.4 is 10.5 Å². The highest BCUT2D eigenvalue weighted by molar-refractivity contribution is 7.99. The van der Waals surface area contributed by atoms with Crippen LogP contribution in [-0.4, -0.2) is 27.1 Å². The molecule has 2 rings (SSSR count). The fourth-order valence-corrected chi connectivity index (χ4v) is 2.02. The number of hydrogen-bond donors (Lipinski definition) is 1. The Morgan fingerprint density at radius 1 is 1.41 bits per heavy atom. The molecule has 2 aromatic rings. The fourth-order valence-electron chi connectivity index (χ4n) is 1.31. The Hall–Kier alpha value is -1.69. The Morgan fingerprint density at radius 3 is 2.94 bits per heavy atom. The van der Waals surface area contributed by atoms with Crippen LogP contribution in [0.5, 0.6) is 5.75 Å². The van der Waals surface area contributed by atoms with Gasteiger partial charge in [-0.2, -0.15) is 5.10 Å². The van der Waals surface area contributed by atoms with Gasteiger partial charge in [-0.05, 0) is 12.1 Å². The lowest BCUT2D eigenvalue weighted by Crippen LogP contribution is -2.03. The summed E-state index contributed by atoms with van der Waals surface area (Å²) in [5.41, 5.74) is 6.43. The third-order valence-electron chi connectivity index (χ3n) is 2.16. The maximum Gasteiger partial charge on any atom is 0.185 e. The molecule has 0 saturated carbocycles. The van der Waals surface area contributed by atoms with Crippen molar-refractivity contribution < 1.29 is 4.74 Å². The van der Waals surface area contributed by atoms with Crippen molar-refractivity contribution in [3.63, 3.8) is 0 Å². The van der Waals surface area contributed by atoms with E-state index >= 15 is 0 Å². The molecule has 0 aliphatic rings. The normalized spacial score (nSPS) is 10.4. The molecule has 1 aromatic heterocycles. The van der Waals surface area contributed by atoms with E-state index < -0.39 is 0 Å². The van der Waals surface area contributed by atoms with E-state index in [1.165, 1.54) is 0 Å². The number of anilines is 1. The number of aryl methyl sites for hydroxylation is 1. The van der Waals surface area contributed by atoms with Gasteiger partial charge in [-0.25, -0.2) is 9.67 Å². The Kier molecular flexibility index (Phi) is 3.87. The van der Waals surface area contributed by atoms with Gasteiger partial charge >= 0.3 is 0 Å². The zero-order valence-corrected chi connectivity index (χ0v) is 10.4. The van der Waals surface area contributed by atoms with Gasteiger partial charge in [0.05, 0.1) is 12.3 Å². The van der Waals surface area contributed by atoms with Crippen LogP contribution >= 0.6 is 11.8 Å². The lowest BCUT2D eigenvalue weighted by atomic mass is 10.3. The molecule has 1 aromatic carbocycles. The van der Waals surface area contributed by atoms with Crippen LogP contribution in [0.15, 0.2) is 35.7 Å². The molecule has 1 heterocycles. The number of nitrogens with zero attached hydrogens (tertiary/aromatic N) is 3. The van der Waals surface area contributed by atoms with E-state index in [0.29, 0.717) is 12.3 Å². The molecule has 0 fully saturated rings. The second-order valence-corrected chi connectivity index (χ2v) is 4.46. The molecule has 2 N–H and O–H groups in total. The standard InChI is InChI=1S/C11H14N4OS/c1-15-11(13-8-14-15)17-7-6-16-10-5-3-2-4-9(10)12/h2-5,8H,6-7,12H2,1H3. The van der Waals surface area contributed by atoms with Crippen molar-refractivity contribution in [1.82, 2.24) is 14.8 Å². The van der Waals surface area contributed by atoms with Crippen molar-refractivity contribution in [3.8, 4) is 5.75 Å². The molecule has 0 radical (unpaired) electrons. The van der Waals surface area contributed by atoms with E-state index in [1.54, 1.807) is 22.8 Å². The van der Waals surface area contributed by atoms with Crippen LogP contribution in [-0.2, 0) is 7.05 Å². The van der Waals surface area contributed by atoms with Crippen molar-refractivity contribution in [2.24, 2.45) is 7.05 Å². The van der Waals surface area contributed by atoms with Crippen LogP contribution in [0.3, 0.4) is 0 Å². The Bertz CT molecular complexity index is 486. The van der Waals surface area contributed by atoms with Crippen LogP contribution in [0.1, 0.15) is 0 Å². The third-order valence-corrected chi connectivity index (χ3v) is 3.16. The monoisotopic (exact) mass is 250 g/mol. The lowest BCUT2D eigenvalue weighted by molar-refractivity contribution is 0.345. The molecular formula is C11H14N4OS. The summed E-state index contributed by atoms with van der Waals surface area (Å²) in [4.78, 5) is 4.11. The van der Waals surface area contributed by atoms with Crippen molar-refractivity contribution in [1.29, 1.82) is 0 Å². The number of para-hydroxylation sites is 2. The first-order valence-corrected chi connectivity index (χ1v) is 6.20. The van der Waals surface area contributed by atoms with Crippen LogP contribution in [0.4, 0.5) is 5.69 Å². The fraction of sp³-hybridized carbons (Fsp3) is 0.273. The lowest BCUT2D eigenvalue weighted by Gasteiger charge is -2.07. The number of nitrogens with two attached hydrogens (primary N) is 1. The number of hydrogen-bond acceptors (Lipinski definition) is 5. The second kappa shape index (κ2) is 5.58. The number of rotatable bonds is 5. The molecule has 5 nitrogen and oxygen atoms in total. The third kappa shape index (κ3) is 3.13. The SMILES string of the molecule is Cn1ncnc1SCCOc1ccccc1N. The summed E-state index contributed by atoms with van der Waals surface area (Å²) in [6.07, 6.45) is 1.54. The minimum absolute atomic E-state index is 0.589. The summed E-state index contributed by atoms with van der Waals surface area (Å²) in [6.45, 7) is 0.589. The summed E-state index contributed by atoms with van der Waals surface area (Å²) < 4.78 is 7.31. The number of thioether (sulfide) groups is 1. The smallest absolute Gasteiger partial charge is 0.185 e. The van der Waals surface area contributed by atoms with Gasteiger partial charge in [-0.1, -0.05) is 23.9 Å². The summed E-state index contributed by atoms with van der Waals surface area (Å²) in [7, 11) is 1.87. The average Bonchev–Trinajstić information content (AvgIpc) is 2.73. The van der Waals surface area contributed by atoms with Crippen LogP contribution in [0, 0.1) is 0 Å². The van der Waals surface area contributed by atoms with Gasteiger partial charge < -0.3 is 10.5 Å². The zero-order chi connectivity index (χ0) is 12.1. The van der Waals surface area contributed by atoms with Gasteiger partial charge in [-0.15, -0.1) is 0 Å². The molecule has 0 atom stereocenters. The highest BCUT2D eigenvalue weighted by Gasteiger charge is 2.02. The first kappa shape index (κ1) is 11.8. The van der Waals surface area contributed by atoms with Crippen molar-refractivity contribution in [2.75, 3.05) is 18.1 Å². The van der Waals surface area contributed by atoms with E-state index in [1.807, 2.05) is 31.3 Å². The van der Waals surface area contributed by atoms with Gasteiger partial charge in [0.25, 0.3) is 0 Å². The summed E-state index contributed by atoms with van der Waals surface area (Å²) in [5.74, 6) is 1.53. The van der Waals surface area contributed by atoms with E-state index in [9.17, 15) is 0 Å². The van der Waals surface area contributed by atoms with Gasteiger partial charge in [0.2, 0.25) is 0 Å². The molecule has 0 bridgehead atoms. The molecule has 0 saturated heterocycles. The van der Waals surface area contributed by atoms with Crippen molar-refractivity contribution in [2.45, 2.75) is 5.16 Å². The molecule has 0 aliphatic carbocycles. The molecule has 90 valence electrons. The summed E-state index contributed by atoms with van der Waals surface area (Å²) in [5, 5.41) is 4.88. The number of aromatic nitrogens is 3. The van der Waals surface area contributed by atoms with Crippen molar-refractivity contribution in [3.05, 3.63) is 30.6 Å². The van der Waals surface area contributed by atoms with Crippen LogP contribution in [0.25, 0.3) is 0 Å². The zero-order valence-electron chi connectivity index (χ0n) is 9.54. The van der Waals surface area contributed by atoms with Crippen molar-refractivity contribution >= 4 is 17.4 Å². The number of nitrogen functional groups attached to an aromatic ring is 1. The van der Waals surface area contributed by atoms with Gasteiger partial charge in [-0.3, -0.25) is 0 Å². The summed E-state index contributed by atoms with van der Waals surface area (Å²) >= 11 is 1.60. The highest BCUT2D eigenvalue weighted by atomic mass is 32.2. The molecule has 0 spiro atoms. The van der Waals surface area contributed by atoms with E-state index in [2.05, 4.69) is 10.1 Å². The predicted molar refractivity (Wildman–Crippen MR) is 68.1 cm³/mol. The largest absolute Gasteiger partial charge is 0.491 e. The Morgan fingerprint density at radius 2 is 2.24 bits per heavy atom. The van der Waals surface area contributed by atoms with E-state index in [-0.39, 0.29) is 0 Å². The molecule has 17 heavy (non-hydrogen) atoms. The second-order valence-electron chi connectivity index (χ2n) is 3.40. The van der Waals surface area contributed by atoms with E-state index in [0.717, 1.165) is 16.7 Å².